The molecule has 24 heavy (non-hydrogen) atoms. The van der Waals surface area contributed by atoms with Crippen molar-refractivity contribution >= 4 is 28.8 Å². The molecule has 0 N–H and O–H groups in total. The number of hydrogen-bond donors (Lipinski definition) is 0. The molecule has 3 heterocycles. The molecule has 2 atom stereocenters. The number of hydrogen-bond acceptors (Lipinski definition) is 4. The first-order chi connectivity index (χ1) is 11.5. The minimum Gasteiger partial charge on any atom is -0.339 e. The molecule has 1 saturated heterocycles. The summed E-state index contributed by atoms with van der Waals surface area (Å²) in [5.41, 5.74) is 0.950. The van der Waals surface area contributed by atoms with Crippen LogP contribution in [0.15, 0.2) is 11.4 Å². The third-order valence-electron chi connectivity index (χ3n) is 5.35. The summed E-state index contributed by atoms with van der Waals surface area (Å²) >= 11 is 1.69. The van der Waals surface area contributed by atoms with Gasteiger partial charge in [-0.1, -0.05) is 13.3 Å². The molecule has 0 radical (unpaired) electrons. The van der Waals surface area contributed by atoms with Crippen molar-refractivity contribution in [1.29, 1.82) is 0 Å². The van der Waals surface area contributed by atoms with Crippen molar-refractivity contribution in [2.24, 2.45) is 5.92 Å². The highest BCUT2D eigenvalue weighted by atomic mass is 32.1. The summed E-state index contributed by atoms with van der Waals surface area (Å²) in [7, 11) is 4.16. The predicted molar refractivity (Wildman–Crippen MR) is 97.4 cm³/mol. The predicted octanol–water partition coefficient (Wildman–Crippen LogP) is 2.22. The normalized spacial score (nSPS) is 24.4. The van der Waals surface area contributed by atoms with Crippen molar-refractivity contribution in [3.05, 3.63) is 16.3 Å². The van der Waals surface area contributed by atoms with Gasteiger partial charge in [0.25, 0.3) is 0 Å². The van der Waals surface area contributed by atoms with Gasteiger partial charge < -0.3 is 14.7 Å². The monoisotopic (exact) mass is 349 g/mol. The van der Waals surface area contributed by atoms with Crippen molar-refractivity contribution < 1.29 is 9.59 Å². The first-order valence-electron chi connectivity index (χ1n) is 8.82. The average molecular weight is 350 g/mol. The Labute approximate surface area is 148 Å². The summed E-state index contributed by atoms with van der Waals surface area (Å²) in [4.78, 5) is 32.4. The van der Waals surface area contributed by atoms with Gasteiger partial charge in [-0.15, -0.1) is 11.3 Å². The average Bonchev–Trinajstić information content (AvgIpc) is 3.16. The fraction of sp³-hybridized carbons (Fsp3) is 0.667. The molecule has 3 rings (SSSR count). The van der Waals surface area contributed by atoms with Crippen molar-refractivity contribution in [2.75, 3.05) is 38.6 Å². The molecule has 2 amide bonds. The van der Waals surface area contributed by atoms with Gasteiger partial charge in [0.05, 0.1) is 5.69 Å². The van der Waals surface area contributed by atoms with E-state index in [0.29, 0.717) is 18.4 Å². The maximum absolute atomic E-state index is 12.8. The number of likely N-dealkylation sites (N-methyl/N-ethyl adjacent to an activating group) is 1. The smallest absolute Gasteiger partial charge is 0.242 e. The number of rotatable bonds is 4. The van der Waals surface area contributed by atoms with Gasteiger partial charge in [-0.3, -0.25) is 9.59 Å². The number of aryl methyl sites for hydroxylation is 1. The van der Waals surface area contributed by atoms with E-state index in [1.807, 2.05) is 16.3 Å². The summed E-state index contributed by atoms with van der Waals surface area (Å²) in [6.07, 6.45) is 3.42. The molecule has 2 aliphatic heterocycles. The van der Waals surface area contributed by atoms with Gasteiger partial charge in [-0.05, 0) is 44.3 Å². The lowest BCUT2D eigenvalue weighted by Crippen LogP contribution is -2.43. The van der Waals surface area contributed by atoms with E-state index in [2.05, 4.69) is 25.9 Å². The Bertz CT molecular complexity index is 613. The van der Waals surface area contributed by atoms with Crippen molar-refractivity contribution in [3.8, 4) is 0 Å². The highest BCUT2D eigenvalue weighted by Gasteiger charge is 2.36. The Morgan fingerprint density at radius 3 is 2.79 bits per heavy atom. The van der Waals surface area contributed by atoms with E-state index >= 15 is 0 Å². The minimum atomic E-state index is 0.0743. The summed E-state index contributed by atoms with van der Waals surface area (Å²) in [6.45, 7) is 3.93. The third-order valence-corrected chi connectivity index (χ3v) is 6.32. The van der Waals surface area contributed by atoms with Crippen molar-refractivity contribution in [1.82, 2.24) is 9.80 Å². The Morgan fingerprint density at radius 1 is 1.33 bits per heavy atom. The largest absolute Gasteiger partial charge is 0.339 e. The van der Waals surface area contributed by atoms with Crippen LogP contribution in [-0.4, -0.2) is 61.4 Å². The number of likely N-dealkylation sites (tertiary alicyclic amines) is 1. The van der Waals surface area contributed by atoms with Crippen LogP contribution in [-0.2, 0) is 16.0 Å². The molecule has 1 aromatic rings. The molecule has 1 fully saturated rings. The minimum absolute atomic E-state index is 0.0743. The molecule has 5 nitrogen and oxygen atoms in total. The van der Waals surface area contributed by atoms with E-state index in [9.17, 15) is 9.59 Å². The van der Waals surface area contributed by atoms with Gasteiger partial charge in [0, 0.05) is 30.4 Å². The molecule has 0 saturated carbocycles. The summed E-state index contributed by atoms with van der Waals surface area (Å²) in [6, 6.07) is 2.40. The Balaban J connectivity index is 1.72. The molecule has 0 unspecified atom stereocenters. The zero-order chi connectivity index (χ0) is 17.3. The van der Waals surface area contributed by atoms with E-state index in [4.69, 9.17) is 0 Å². The van der Waals surface area contributed by atoms with E-state index in [1.54, 1.807) is 16.2 Å². The maximum atomic E-state index is 12.8. The second-order valence-corrected chi connectivity index (χ2v) is 8.06. The highest BCUT2D eigenvalue weighted by Crippen LogP contribution is 2.32. The van der Waals surface area contributed by atoms with Gasteiger partial charge in [0.2, 0.25) is 11.8 Å². The van der Waals surface area contributed by atoms with Gasteiger partial charge >= 0.3 is 0 Å². The Hall–Kier alpha value is -1.40. The third kappa shape index (κ3) is 3.35. The Kier molecular flexibility index (Phi) is 5.25. The van der Waals surface area contributed by atoms with Crippen LogP contribution >= 0.6 is 11.3 Å². The summed E-state index contributed by atoms with van der Waals surface area (Å²) in [5.74, 6) is 0.668. The van der Waals surface area contributed by atoms with Crippen LogP contribution < -0.4 is 4.90 Å². The summed E-state index contributed by atoms with van der Waals surface area (Å²) in [5, 5.41) is 2.02. The number of fused-ring (bicyclic) bond motifs is 1. The first-order valence-corrected chi connectivity index (χ1v) is 9.70. The van der Waals surface area contributed by atoms with Gasteiger partial charge in [0.15, 0.2) is 0 Å². The molecule has 0 aliphatic carbocycles. The number of anilines is 1. The van der Waals surface area contributed by atoms with E-state index in [1.165, 1.54) is 4.88 Å². The molecule has 132 valence electrons. The topological polar surface area (TPSA) is 43.9 Å². The molecule has 0 spiro atoms. The number of carbonyl (C=O) groups is 2. The molecular weight excluding hydrogens is 322 g/mol. The van der Waals surface area contributed by atoms with Crippen LogP contribution in [0.5, 0.6) is 0 Å². The van der Waals surface area contributed by atoms with Crippen LogP contribution in [0.4, 0.5) is 5.69 Å². The second-order valence-electron chi connectivity index (χ2n) is 7.06. The van der Waals surface area contributed by atoms with Crippen LogP contribution in [0.25, 0.3) is 0 Å². The van der Waals surface area contributed by atoms with Gasteiger partial charge in [0.1, 0.15) is 6.54 Å². The maximum Gasteiger partial charge on any atom is 0.242 e. The van der Waals surface area contributed by atoms with E-state index in [-0.39, 0.29) is 18.4 Å². The molecule has 1 aromatic heterocycles. The molecule has 0 aromatic carbocycles. The fourth-order valence-electron chi connectivity index (χ4n) is 3.88. The van der Waals surface area contributed by atoms with Crippen LogP contribution in [0.3, 0.4) is 0 Å². The quantitative estimate of drug-likeness (QED) is 0.837. The van der Waals surface area contributed by atoms with Crippen molar-refractivity contribution in [2.45, 2.75) is 38.6 Å². The van der Waals surface area contributed by atoms with E-state index in [0.717, 1.165) is 38.0 Å². The van der Waals surface area contributed by atoms with Gasteiger partial charge in [-0.2, -0.15) is 0 Å². The fourth-order valence-corrected chi connectivity index (χ4v) is 4.81. The Morgan fingerprint density at radius 2 is 2.12 bits per heavy atom. The number of thiophene rings is 1. The standard InChI is InChI=1S/C18H27N3O2S/c1-4-13-10-20(11-15(13)19(2)3)18(23)12-21-14-8-9-24-16(14)6-5-7-17(21)22/h8-9,13,15H,4-7,10-12H2,1-3H3/t13-,15+/m1/s1. The molecule has 2 aliphatic rings. The number of nitrogens with zero attached hydrogens (tertiary/aromatic N) is 3. The number of carbonyl (C=O) groups excluding carboxylic acids is 2. The van der Waals surface area contributed by atoms with Crippen LogP contribution in [0.1, 0.15) is 31.1 Å². The SMILES string of the molecule is CC[C@@H]1CN(C(=O)CN2C(=O)CCCc3sccc32)C[C@@H]1N(C)C. The molecule has 6 heteroatoms. The lowest BCUT2D eigenvalue weighted by molar-refractivity contribution is -0.130. The lowest BCUT2D eigenvalue weighted by atomic mass is 10.0. The summed E-state index contributed by atoms with van der Waals surface area (Å²) < 4.78 is 0. The van der Waals surface area contributed by atoms with Crippen LogP contribution in [0, 0.1) is 5.92 Å². The van der Waals surface area contributed by atoms with Crippen LogP contribution in [0.2, 0.25) is 0 Å². The van der Waals surface area contributed by atoms with Gasteiger partial charge in [-0.25, -0.2) is 0 Å². The lowest BCUT2D eigenvalue weighted by Gasteiger charge is -2.25. The zero-order valence-electron chi connectivity index (χ0n) is 14.8. The zero-order valence-corrected chi connectivity index (χ0v) is 15.6. The van der Waals surface area contributed by atoms with Crippen molar-refractivity contribution in [3.63, 3.8) is 0 Å². The molecular formula is C18H27N3O2S. The highest BCUT2D eigenvalue weighted by molar-refractivity contribution is 7.10. The first kappa shape index (κ1) is 17.4. The number of amides is 2. The van der Waals surface area contributed by atoms with E-state index < -0.39 is 0 Å². The second kappa shape index (κ2) is 7.23. The molecule has 0 bridgehead atoms.